The van der Waals surface area contributed by atoms with Crippen LogP contribution in [-0.2, 0) is 0 Å². The molecular formula is C18H20N2O2. The molecule has 1 aromatic heterocycles. The summed E-state index contributed by atoms with van der Waals surface area (Å²) < 4.78 is 1.53. The fourth-order valence-electron chi connectivity index (χ4n) is 2.86. The number of amides is 1. The van der Waals surface area contributed by atoms with Crippen LogP contribution in [-0.4, -0.2) is 28.5 Å². The Morgan fingerprint density at radius 1 is 0.864 bits per heavy atom. The molecule has 1 amide bonds. The van der Waals surface area contributed by atoms with Crippen LogP contribution in [0.3, 0.4) is 0 Å². The van der Waals surface area contributed by atoms with Gasteiger partial charge in [-0.25, -0.2) is 0 Å². The predicted molar refractivity (Wildman–Crippen MR) is 86.4 cm³/mol. The molecule has 1 aliphatic heterocycles. The number of nitrogens with zero attached hydrogens (tertiary/aromatic N) is 2. The van der Waals surface area contributed by atoms with Gasteiger partial charge in [-0.15, -0.1) is 0 Å². The van der Waals surface area contributed by atoms with Gasteiger partial charge in [-0.05, 0) is 31.0 Å². The van der Waals surface area contributed by atoms with E-state index in [2.05, 4.69) is 0 Å². The fourth-order valence-corrected chi connectivity index (χ4v) is 2.86. The third kappa shape index (κ3) is 3.11. The molecule has 1 aromatic carbocycles. The average molecular weight is 296 g/mol. The van der Waals surface area contributed by atoms with Gasteiger partial charge in [0.05, 0.1) is 5.56 Å². The standard InChI is InChI=1S/C18H20N2O2/c21-17-11-10-15(14-20(17)16-8-4-3-5-9-16)18(22)19-12-6-1-2-7-13-19/h3-5,8-11,14H,1-2,6-7,12-13H2. The summed E-state index contributed by atoms with van der Waals surface area (Å²) in [6.45, 7) is 1.62. The van der Waals surface area contributed by atoms with Crippen molar-refractivity contribution in [3.63, 3.8) is 0 Å². The van der Waals surface area contributed by atoms with Gasteiger partial charge in [0.1, 0.15) is 0 Å². The lowest BCUT2D eigenvalue weighted by Crippen LogP contribution is -2.32. The van der Waals surface area contributed by atoms with Crippen LogP contribution < -0.4 is 5.56 Å². The summed E-state index contributed by atoms with van der Waals surface area (Å²) in [6, 6.07) is 12.5. The largest absolute Gasteiger partial charge is 0.339 e. The van der Waals surface area contributed by atoms with Crippen molar-refractivity contribution >= 4 is 5.91 Å². The monoisotopic (exact) mass is 296 g/mol. The second-order valence-corrected chi connectivity index (χ2v) is 5.67. The third-order valence-electron chi connectivity index (χ3n) is 4.09. The molecule has 0 aliphatic carbocycles. The Morgan fingerprint density at radius 2 is 1.55 bits per heavy atom. The quantitative estimate of drug-likeness (QED) is 0.855. The molecule has 0 N–H and O–H groups in total. The van der Waals surface area contributed by atoms with Crippen LogP contribution in [0.2, 0.25) is 0 Å². The summed E-state index contributed by atoms with van der Waals surface area (Å²) in [5.41, 5.74) is 1.22. The first-order chi connectivity index (χ1) is 10.8. The van der Waals surface area contributed by atoms with E-state index < -0.39 is 0 Å². The number of carbonyl (C=O) groups excluding carboxylic acids is 1. The van der Waals surface area contributed by atoms with Crippen LogP contribution in [0.1, 0.15) is 36.0 Å². The first-order valence-corrected chi connectivity index (χ1v) is 7.83. The van der Waals surface area contributed by atoms with Crippen molar-refractivity contribution in [1.82, 2.24) is 9.47 Å². The number of carbonyl (C=O) groups is 1. The summed E-state index contributed by atoms with van der Waals surface area (Å²) in [6.07, 6.45) is 6.15. The summed E-state index contributed by atoms with van der Waals surface area (Å²) >= 11 is 0. The first kappa shape index (κ1) is 14.6. The molecular weight excluding hydrogens is 276 g/mol. The molecule has 0 bridgehead atoms. The van der Waals surface area contributed by atoms with Crippen LogP contribution in [0, 0.1) is 0 Å². The van der Waals surface area contributed by atoms with E-state index >= 15 is 0 Å². The molecule has 1 aliphatic rings. The third-order valence-corrected chi connectivity index (χ3v) is 4.09. The Balaban J connectivity index is 1.91. The maximum Gasteiger partial charge on any atom is 0.255 e. The van der Waals surface area contributed by atoms with Crippen molar-refractivity contribution in [2.75, 3.05) is 13.1 Å². The highest BCUT2D eigenvalue weighted by Crippen LogP contribution is 2.13. The molecule has 2 heterocycles. The zero-order chi connectivity index (χ0) is 15.4. The molecule has 1 saturated heterocycles. The molecule has 4 heteroatoms. The SMILES string of the molecule is O=C(c1ccc(=O)n(-c2ccccc2)c1)N1CCCCCC1. The summed E-state index contributed by atoms with van der Waals surface area (Å²) in [5.74, 6) is 0.0200. The fraction of sp³-hybridized carbons (Fsp3) is 0.333. The lowest BCUT2D eigenvalue weighted by Gasteiger charge is -2.20. The van der Waals surface area contributed by atoms with Gasteiger partial charge in [0.2, 0.25) is 0 Å². The van der Waals surface area contributed by atoms with Crippen LogP contribution in [0.4, 0.5) is 0 Å². The van der Waals surface area contributed by atoms with Crippen molar-refractivity contribution < 1.29 is 4.79 Å². The molecule has 0 atom stereocenters. The molecule has 2 aromatic rings. The highest BCUT2D eigenvalue weighted by molar-refractivity contribution is 5.94. The normalized spacial score (nSPS) is 15.4. The smallest absolute Gasteiger partial charge is 0.255 e. The van der Waals surface area contributed by atoms with E-state index in [0.717, 1.165) is 31.6 Å². The average Bonchev–Trinajstić information content (AvgIpc) is 2.85. The highest BCUT2D eigenvalue weighted by Gasteiger charge is 2.18. The van der Waals surface area contributed by atoms with E-state index in [1.54, 1.807) is 12.3 Å². The zero-order valence-electron chi connectivity index (χ0n) is 12.6. The van der Waals surface area contributed by atoms with Crippen molar-refractivity contribution in [2.24, 2.45) is 0 Å². The molecule has 22 heavy (non-hydrogen) atoms. The summed E-state index contributed by atoms with van der Waals surface area (Å²) in [7, 11) is 0. The van der Waals surface area contributed by atoms with Gasteiger partial charge in [-0.2, -0.15) is 0 Å². The Morgan fingerprint density at radius 3 is 2.23 bits per heavy atom. The Labute approximate surface area is 130 Å². The Kier molecular flexibility index (Phi) is 4.37. The van der Waals surface area contributed by atoms with Crippen LogP contribution in [0.5, 0.6) is 0 Å². The van der Waals surface area contributed by atoms with Crippen molar-refractivity contribution in [1.29, 1.82) is 0 Å². The Bertz CT molecular complexity index is 699. The van der Waals surface area contributed by atoms with E-state index in [1.165, 1.54) is 23.5 Å². The lowest BCUT2D eigenvalue weighted by atomic mass is 10.2. The molecule has 114 valence electrons. The molecule has 0 spiro atoms. The van der Waals surface area contributed by atoms with Gasteiger partial charge in [0, 0.05) is 31.0 Å². The van der Waals surface area contributed by atoms with Gasteiger partial charge in [0.15, 0.2) is 0 Å². The van der Waals surface area contributed by atoms with E-state index in [0.29, 0.717) is 5.56 Å². The minimum Gasteiger partial charge on any atom is -0.339 e. The van der Waals surface area contributed by atoms with E-state index in [1.807, 2.05) is 35.2 Å². The van der Waals surface area contributed by atoms with Gasteiger partial charge in [-0.3, -0.25) is 14.2 Å². The van der Waals surface area contributed by atoms with Crippen molar-refractivity contribution in [3.05, 3.63) is 64.6 Å². The minimum absolute atomic E-state index is 0.0200. The summed E-state index contributed by atoms with van der Waals surface area (Å²) in [4.78, 5) is 26.6. The van der Waals surface area contributed by atoms with Gasteiger partial charge < -0.3 is 4.90 Å². The second kappa shape index (κ2) is 6.60. The van der Waals surface area contributed by atoms with Crippen LogP contribution >= 0.6 is 0 Å². The van der Waals surface area contributed by atoms with Gasteiger partial charge in [0.25, 0.3) is 11.5 Å². The number of para-hydroxylation sites is 1. The molecule has 3 rings (SSSR count). The van der Waals surface area contributed by atoms with E-state index in [9.17, 15) is 9.59 Å². The maximum atomic E-state index is 12.7. The van der Waals surface area contributed by atoms with Crippen molar-refractivity contribution in [2.45, 2.75) is 25.7 Å². The minimum atomic E-state index is -0.126. The number of likely N-dealkylation sites (tertiary alicyclic amines) is 1. The topological polar surface area (TPSA) is 42.3 Å². The summed E-state index contributed by atoms with van der Waals surface area (Å²) in [5, 5.41) is 0. The maximum absolute atomic E-state index is 12.7. The molecule has 0 saturated carbocycles. The number of rotatable bonds is 2. The van der Waals surface area contributed by atoms with Gasteiger partial charge in [-0.1, -0.05) is 31.0 Å². The van der Waals surface area contributed by atoms with Crippen LogP contribution in [0.15, 0.2) is 53.5 Å². The van der Waals surface area contributed by atoms with Gasteiger partial charge >= 0.3 is 0 Å². The molecule has 0 unspecified atom stereocenters. The number of hydrogen-bond donors (Lipinski definition) is 0. The number of benzene rings is 1. The van der Waals surface area contributed by atoms with E-state index in [4.69, 9.17) is 0 Å². The zero-order valence-corrected chi connectivity index (χ0v) is 12.6. The van der Waals surface area contributed by atoms with E-state index in [-0.39, 0.29) is 11.5 Å². The number of hydrogen-bond acceptors (Lipinski definition) is 2. The highest BCUT2D eigenvalue weighted by atomic mass is 16.2. The Hall–Kier alpha value is -2.36. The predicted octanol–water partition coefficient (Wildman–Crippen LogP) is 2.85. The van der Waals surface area contributed by atoms with Crippen molar-refractivity contribution in [3.8, 4) is 5.69 Å². The first-order valence-electron chi connectivity index (χ1n) is 7.83. The number of aromatic nitrogens is 1. The van der Waals surface area contributed by atoms with Crippen LogP contribution in [0.25, 0.3) is 5.69 Å². The molecule has 1 fully saturated rings. The lowest BCUT2D eigenvalue weighted by molar-refractivity contribution is 0.0761. The molecule has 0 radical (unpaired) electrons. The molecule has 4 nitrogen and oxygen atoms in total. The second-order valence-electron chi connectivity index (χ2n) is 5.67. The number of pyridine rings is 1.